The van der Waals surface area contributed by atoms with E-state index in [4.69, 9.17) is 4.74 Å². The lowest BCUT2D eigenvalue weighted by Crippen LogP contribution is -2.26. The van der Waals surface area contributed by atoms with Crippen LogP contribution >= 0.6 is 15.9 Å². The fourth-order valence-corrected chi connectivity index (χ4v) is 3.01. The summed E-state index contributed by atoms with van der Waals surface area (Å²) >= 11 is 2.93. The Balaban J connectivity index is 2.97. The summed E-state index contributed by atoms with van der Waals surface area (Å²) in [4.78, 5) is 11.9. The molecule has 0 spiro atoms. The predicted octanol–water partition coefficient (Wildman–Crippen LogP) is 2.03. The van der Waals surface area contributed by atoms with Crippen LogP contribution in [-0.2, 0) is 9.84 Å². The molecule has 0 saturated carbocycles. The van der Waals surface area contributed by atoms with Gasteiger partial charge in [0.05, 0.1) is 7.11 Å². The molecule has 0 aliphatic carbocycles. The topological polar surface area (TPSA) is 60.4 Å². The SMILES string of the molecule is CCS(=O)(=O)[C@H](Br)C(=O)c1ccc(OC)cc1. The second-order valence-corrected chi connectivity index (χ2v) is 7.26. The largest absolute Gasteiger partial charge is 0.497 e. The van der Waals surface area contributed by atoms with Gasteiger partial charge >= 0.3 is 0 Å². The Labute approximate surface area is 109 Å². The molecule has 0 aromatic heterocycles. The van der Waals surface area contributed by atoms with Crippen molar-refractivity contribution in [3.8, 4) is 5.75 Å². The van der Waals surface area contributed by atoms with E-state index in [9.17, 15) is 13.2 Å². The maximum absolute atomic E-state index is 11.9. The first kappa shape index (κ1) is 14.2. The molecule has 1 atom stereocenters. The molecular weight excluding hydrogens is 308 g/mol. The van der Waals surface area contributed by atoms with Crippen molar-refractivity contribution in [2.75, 3.05) is 12.9 Å². The number of hydrogen-bond acceptors (Lipinski definition) is 4. The first-order valence-electron chi connectivity index (χ1n) is 4.96. The van der Waals surface area contributed by atoms with Crippen molar-refractivity contribution in [3.05, 3.63) is 29.8 Å². The highest BCUT2D eigenvalue weighted by Gasteiger charge is 2.28. The van der Waals surface area contributed by atoms with Crippen LogP contribution in [0.5, 0.6) is 5.75 Å². The van der Waals surface area contributed by atoms with Crippen LogP contribution in [0.15, 0.2) is 24.3 Å². The third-order valence-corrected chi connectivity index (χ3v) is 6.07. The number of carbonyl (C=O) groups is 1. The summed E-state index contributed by atoms with van der Waals surface area (Å²) in [6.45, 7) is 1.50. The Morgan fingerprint density at radius 2 is 1.88 bits per heavy atom. The van der Waals surface area contributed by atoms with Gasteiger partial charge in [0, 0.05) is 11.3 Å². The maximum atomic E-state index is 11.9. The lowest BCUT2D eigenvalue weighted by atomic mass is 10.1. The Morgan fingerprint density at radius 3 is 2.29 bits per heavy atom. The molecule has 0 saturated heterocycles. The van der Waals surface area contributed by atoms with Crippen LogP contribution in [0.25, 0.3) is 0 Å². The number of benzene rings is 1. The normalized spacial score (nSPS) is 13.1. The Kier molecular flexibility index (Phi) is 4.70. The molecule has 94 valence electrons. The summed E-state index contributed by atoms with van der Waals surface area (Å²) in [6.07, 6.45) is 0. The quantitative estimate of drug-likeness (QED) is 0.615. The molecule has 0 radical (unpaired) electrons. The highest BCUT2D eigenvalue weighted by molar-refractivity contribution is 9.11. The molecule has 0 aliphatic heterocycles. The minimum atomic E-state index is -3.43. The van der Waals surface area contributed by atoms with E-state index in [0.717, 1.165) is 0 Å². The molecule has 1 aromatic rings. The summed E-state index contributed by atoms with van der Waals surface area (Å²) in [7, 11) is -1.91. The van der Waals surface area contributed by atoms with Crippen molar-refractivity contribution in [1.29, 1.82) is 0 Å². The van der Waals surface area contributed by atoms with Gasteiger partial charge in [-0.1, -0.05) is 22.9 Å². The zero-order chi connectivity index (χ0) is 13.1. The van der Waals surface area contributed by atoms with Crippen LogP contribution in [-0.4, -0.2) is 31.2 Å². The monoisotopic (exact) mass is 320 g/mol. The van der Waals surface area contributed by atoms with Crippen molar-refractivity contribution >= 4 is 31.6 Å². The summed E-state index contributed by atoms with van der Waals surface area (Å²) in [5.74, 6) is 0.0747. The van der Waals surface area contributed by atoms with Gasteiger partial charge in [0.25, 0.3) is 0 Å². The van der Waals surface area contributed by atoms with Crippen LogP contribution in [0, 0.1) is 0 Å². The van der Waals surface area contributed by atoms with E-state index in [0.29, 0.717) is 11.3 Å². The number of ether oxygens (including phenoxy) is 1. The average molecular weight is 321 g/mol. The molecule has 0 fully saturated rings. The molecule has 0 amide bonds. The minimum Gasteiger partial charge on any atom is -0.497 e. The van der Waals surface area contributed by atoms with Gasteiger partial charge in [0.15, 0.2) is 19.8 Å². The van der Waals surface area contributed by atoms with Gasteiger partial charge in [-0.3, -0.25) is 4.79 Å². The number of sulfone groups is 1. The van der Waals surface area contributed by atoms with Gasteiger partial charge in [-0.2, -0.15) is 0 Å². The zero-order valence-corrected chi connectivity index (χ0v) is 11.9. The molecule has 1 rings (SSSR count). The molecule has 0 heterocycles. The molecule has 6 heteroatoms. The fourth-order valence-electron chi connectivity index (χ4n) is 1.20. The van der Waals surface area contributed by atoms with Crippen LogP contribution in [0.4, 0.5) is 0 Å². The highest BCUT2D eigenvalue weighted by atomic mass is 79.9. The third kappa shape index (κ3) is 3.29. The first-order chi connectivity index (χ1) is 7.92. The number of ketones is 1. The van der Waals surface area contributed by atoms with Crippen molar-refractivity contribution < 1.29 is 17.9 Å². The lowest BCUT2D eigenvalue weighted by Gasteiger charge is -2.09. The minimum absolute atomic E-state index is 0.0786. The molecule has 0 N–H and O–H groups in total. The molecular formula is C11H13BrO4S. The van der Waals surface area contributed by atoms with Crippen LogP contribution in [0.2, 0.25) is 0 Å². The molecule has 0 aliphatic rings. The molecule has 4 nitrogen and oxygen atoms in total. The Morgan fingerprint density at radius 1 is 1.35 bits per heavy atom. The smallest absolute Gasteiger partial charge is 0.191 e. The summed E-state index contributed by atoms with van der Waals surface area (Å²) < 4.78 is 26.9. The van der Waals surface area contributed by atoms with Crippen molar-refractivity contribution in [2.45, 2.75) is 11.1 Å². The van der Waals surface area contributed by atoms with Gasteiger partial charge in [0.2, 0.25) is 0 Å². The van der Waals surface area contributed by atoms with Crippen molar-refractivity contribution in [3.63, 3.8) is 0 Å². The van der Waals surface area contributed by atoms with E-state index >= 15 is 0 Å². The number of carbonyl (C=O) groups excluding carboxylic acids is 1. The van der Waals surface area contributed by atoms with E-state index in [-0.39, 0.29) is 5.75 Å². The molecule has 1 aromatic carbocycles. The Hall–Kier alpha value is -0.880. The third-order valence-electron chi connectivity index (χ3n) is 2.30. The Bertz CT molecular complexity index is 493. The van der Waals surface area contributed by atoms with Gasteiger partial charge in [0.1, 0.15) is 5.75 Å². The predicted molar refractivity (Wildman–Crippen MR) is 69.5 cm³/mol. The van der Waals surface area contributed by atoms with Crippen molar-refractivity contribution in [2.24, 2.45) is 0 Å². The second-order valence-electron chi connectivity index (χ2n) is 3.36. The van der Waals surface area contributed by atoms with Crippen LogP contribution in [0.1, 0.15) is 17.3 Å². The summed E-state index contributed by atoms with van der Waals surface area (Å²) in [6, 6.07) is 6.32. The average Bonchev–Trinajstić information content (AvgIpc) is 2.37. The van der Waals surface area contributed by atoms with Crippen LogP contribution in [0.3, 0.4) is 0 Å². The van der Waals surface area contributed by atoms with Gasteiger partial charge in [-0.25, -0.2) is 8.42 Å². The molecule has 0 bridgehead atoms. The van der Waals surface area contributed by atoms with E-state index in [1.807, 2.05) is 0 Å². The highest BCUT2D eigenvalue weighted by Crippen LogP contribution is 2.19. The van der Waals surface area contributed by atoms with E-state index in [1.165, 1.54) is 14.0 Å². The van der Waals surface area contributed by atoms with Crippen molar-refractivity contribution in [1.82, 2.24) is 0 Å². The first-order valence-corrected chi connectivity index (χ1v) is 7.59. The van der Waals surface area contributed by atoms with Crippen LogP contribution < -0.4 is 4.74 Å². The van der Waals surface area contributed by atoms with Gasteiger partial charge in [-0.05, 0) is 24.3 Å². The molecule has 17 heavy (non-hydrogen) atoms. The lowest BCUT2D eigenvalue weighted by molar-refractivity contribution is 0.101. The number of alkyl halides is 1. The van der Waals surface area contributed by atoms with Gasteiger partial charge in [-0.15, -0.1) is 0 Å². The fraction of sp³-hybridized carbons (Fsp3) is 0.364. The standard InChI is InChI=1S/C11H13BrO4S/c1-3-17(14,15)11(12)10(13)8-4-6-9(16-2)7-5-8/h4-7,11H,3H2,1-2H3/t11-/m0/s1. The summed E-state index contributed by atoms with van der Waals surface area (Å²) in [5.41, 5.74) is 0.338. The van der Waals surface area contributed by atoms with Gasteiger partial charge < -0.3 is 4.74 Å². The molecule has 0 unspecified atom stereocenters. The second kappa shape index (κ2) is 5.64. The number of rotatable bonds is 5. The zero-order valence-electron chi connectivity index (χ0n) is 9.51. The number of halogens is 1. The number of methoxy groups -OCH3 is 1. The number of hydrogen-bond donors (Lipinski definition) is 0. The number of Topliss-reactive ketones (excluding diaryl/α,β-unsaturated/α-hetero) is 1. The summed E-state index contributed by atoms with van der Waals surface area (Å²) in [5, 5.41) is 0. The van der Waals surface area contributed by atoms with E-state index < -0.39 is 19.8 Å². The maximum Gasteiger partial charge on any atom is 0.191 e. The van der Waals surface area contributed by atoms with E-state index in [2.05, 4.69) is 15.9 Å². The van der Waals surface area contributed by atoms with E-state index in [1.54, 1.807) is 24.3 Å².